The smallest absolute Gasteiger partial charge is 0.220 e. The molecule has 2 aliphatic heterocycles. The van der Waals surface area contributed by atoms with Crippen molar-refractivity contribution in [1.82, 2.24) is 0 Å². The van der Waals surface area contributed by atoms with Crippen LogP contribution in [-0.4, -0.2) is 23.8 Å². The van der Waals surface area contributed by atoms with Crippen LogP contribution in [0, 0.1) is 0 Å². The predicted octanol–water partition coefficient (Wildman–Crippen LogP) is -0.228. The lowest BCUT2D eigenvalue weighted by molar-refractivity contribution is -0.298. The predicted molar refractivity (Wildman–Crippen MR) is 26.1 cm³/mol. The lowest BCUT2D eigenvalue weighted by atomic mass is 10.1. The molecule has 9 heavy (non-hydrogen) atoms. The molecule has 0 radical (unpaired) electrons. The van der Waals surface area contributed by atoms with Crippen molar-refractivity contribution in [3.8, 4) is 0 Å². The first-order chi connectivity index (χ1) is 4.36. The average Bonchev–Trinajstić information content (AvgIpc) is 2.25. The van der Waals surface area contributed by atoms with Crippen molar-refractivity contribution in [3.63, 3.8) is 0 Å². The van der Waals surface area contributed by atoms with Crippen molar-refractivity contribution in [1.29, 1.82) is 0 Å². The maximum atomic E-state index is 9.07. The number of aliphatic hydroxyl groups excluding tert-OH is 1. The van der Waals surface area contributed by atoms with Crippen LogP contribution in [0.3, 0.4) is 0 Å². The second-order valence-electron chi connectivity index (χ2n) is 2.27. The monoisotopic (exact) mass is 132 g/mol. The molecule has 2 heterocycles. The Balaban J connectivity index is 2.05. The van der Waals surface area contributed by atoms with Gasteiger partial charge >= 0.3 is 0 Å². The third-order valence-electron chi connectivity index (χ3n) is 1.56. The molecule has 0 amide bonds. The van der Waals surface area contributed by atoms with Crippen LogP contribution in [0.5, 0.6) is 0 Å². The molecule has 0 aliphatic carbocycles. The molecule has 0 aromatic rings. The molecule has 0 aromatic carbocycles. The SMILES string of the molecule is OC1CCC2OOC1O2. The molecule has 2 aliphatic rings. The van der Waals surface area contributed by atoms with Gasteiger partial charge in [0.1, 0.15) is 6.10 Å². The molecule has 3 unspecified atom stereocenters. The van der Waals surface area contributed by atoms with Gasteiger partial charge in [-0.15, -0.1) is 0 Å². The van der Waals surface area contributed by atoms with E-state index in [4.69, 9.17) is 9.84 Å². The number of hydrogen-bond donors (Lipinski definition) is 1. The van der Waals surface area contributed by atoms with Crippen molar-refractivity contribution in [3.05, 3.63) is 0 Å². The Morgan fingerprint density at radius 3 is 2.89 bits per heavy atom. The Morgan fingerprint density at radius 1 is 1.22 bits per heavy atom. The van der Waals surface area contributed by atoms with Crippen LogP contribution in [0.1, 0.15) is 12.8 Å². The summed E-state index contributed by atoms with van der Waals surface area (Å²) in [6, 6.07) is 0. The van der Waals surface area contributed by atoms with Crippen LogP contribution in [0.25, 0.3) is 0 Å². The molecule has 4 heteroatoms. The number of rotatable bonds is 0. The van der Waals surface area contributed by atoms with E-state index in [1.807, 2.05) is 0 Å². The van der Waals surface area contributed by atoms with Gasteiger partial charge in [-0.2, -0.15) is 4.89 Å². The third-order valence-corrected chi connectivity index (χ3v) is 1.56. The zero-order chi connectivity index (χ0) is 6.27. The van der Waals surface area contributed by atoms with E-state index in [9.17, 15) is 0 Å². The summed E-state index contributed by atoms with van der Waals surface area (Å²) in [6.45, 7) is 0. The van der Waals surface area contributed by atoms with Crippen molar-refractivity contribution < 1.29 is 19.6 Å². The van der Waals surface area contributed by atoms with E-state index < -0.39 is 12.4 Å². The van der Waals surface area contributed by atoms with Gasteiger partial charge in [0.25, 0.3) is 0 Å². The Bertz CT molecular complexity index is 116. The average molecular weight is 132 g/mol. The Labute approximate surface area is 52.3 Å². The highest BCUT2D eigenvalue weighted by Crippen LogP contribution is 2.27. The van der Waals surface area contributed by atoms with Crippen LogP contribution < -0.4 is 0 Å². The third kappa shape index (κ3) is 0.840. The zero-order valence-electron chi connectivity index (χ0n) is 4.82. The van der Waals surface area contributed by atoms with Gasteiger partial charge in [-0.1, -0.05) is 0 Å². The Morgan fingerprint density at radius 2 is 2.11 bits per heavy atom. The summed E-state index contributed by atoms with van der Waals surface area (Å²) >= 11 is 0. The summed E-state index contributed by atoms with van der Waals surface area (Å²) in [5.74, 6) is 0. The topological polar surface area (TPSA) is 47.9 Å². The lowest BCUT2D eigenvalue weighted by Gasteiger charge is -2.19. The van der Waals surface area contributed by atoms with E-state index in [1.54, 1.807) is 0 Å². The van der Waals surface area contributed by atoms with Crippen molar-refractivity contribution in [2.75, 3.05) is 0 Å². The minimum Gasteiger partial charge on any atom is -0.388 e. The first kappa shape index (κ1) is 5.61. The summed E-state index contributed by atoms with van der Waals surface area (Å²) < 4.78 is 5.02. The van der Waals surface area contributed by atoms with Gasteiger partial charge in [0.05, 0.1) is 0 Å². The molecule has 52 valence electrons. The maximum Gasteiger partial charge on any atom is 0.220 e. The van der Waals surface area contributed by atoms with Gasteiger partial charge in [-0.3, -0.25) is 0 Å². The Kier molecular flexibility index (Phi) is 1.19. The van der Waals surface area contributed by atoms with Gasteiger partial charge in [0.15, 0.2) is 6.29 Å². The lowest BCUT2D eigenvalue weighted by Crippen LogP contribution is -2.32. The molecule has 1 N–H and O–H groups in total. The summed E-state index contributed by atoms with van der Waals surface area (Å²) in [5.41, 5.74) is 0. The van der Waals surface area contributed by atoms with E-state index in [-0.39, 0.29) is 6.29 Å². The van der Waals surface area contributed by atoms with Gasteiger partial charge in [0.2, 0.25) is 6.29 Å². The van der Waals surface area contributed by atoms with E-state index in [1.165, 1.54) is 0 Å². The number of fused-ring (bicyclic) bond motifs is 2. The molecule has 0 spiro atoms. The van der Waals surface area contributed by atoms with E-state index in [2.05, 4.69) is 9.78 Å². The molecule has 2 saturated heterocycles. The normalized spacial score (nSPS) is 49.7. The molecule has 2 bridgehead atoms. The summed E-state index contributed by atoms with van der Waals surface area (Å²) in [7, 11) is 0. The van der Waals surface area contributed by atoms with Gasteiger partial charge in [0, 0.05) is 6.42 Å². The van der Waals surface area contributed by atoms with E-state index in [0.29, 0.717) is 6.42 Å². The number of aliphatic hydroxyl groups is 1. The molecule has 0 saturated carbocycles. The minimum atomic E-state index is -0.538. The van der Waals surface area contributed by atoms with Crippen molar-refractivity contribution in [2.24, 2.45) is 0 Å². The first-order valence-corrected chi connectivity index (χ1v) is 3.02. The molecular formula is C5H8O4. The first-order valence-electron chi connectivity index (χ1n) is 3.02. The fraction of sp³-hybridized carbons (Fsp3) is 1.00. The zero-order valence-corrected chi connectivity index (χ0v) is 4.82. The minimum absolute atomic E-state index is 0.238. The van der Waals surface area contributed by atoms with Crippen LogP contribution in [0.15, 0.2) is 0 Å². The largest absolute Gasteiger partial charge is 0.388 e. The second-order valence-corrected chi connectivity index (χ2v) is 2.27. The van der Waals surface area contributed by atoms with Crippen LogP contribution in [0.4, 0.5) is 0 Å². The maximum absolute atomic E-state index is 9.07. The molecular weight excluding hydrogens is 124 g/mol. The number of hydrogen-bond acceptors (Lipinski definition) is 4. The van der Waals surface area contributed by atoms with Crippen molar-refractivity contribution in [2.45, 2.75) is 31.5 Å². The van der Waals surface area contributed by atoms with Crippen LogP contribution >= 0.6 is 0 Å². The van der Waals surface area contributed by atoms with Gasteiger partial charge < -0.3 is 9.84 Å². The fourth-order valence-electron chi connectivity index (χ4n) is 1.03. The number of ether oxygens (including phenoxy) is 1. The molecule has 2 rings (SSSR count). The molecule has 2 fully saturated rings. The van der Waals surface area contributed by atoms with Gasteiger partial charge in [-0.05, 0) is 6.42 Å². The quantitative estimate of drug-likeness (QED) is 0.462. The summed E-state index contributed by atoms with van der Waals surface area (Å²) in [6.07, 6.45) is 0.137. The molecule has 3 atom stereocenters. The Hall–Kier alpha value is -0.160. The van der Waals surface area contributed by atoms with Crippen LogP contribution in [0.2, 0.25) is 0 Å². The van der Waals surface area contributed by atoms with E-state index in [0.717, 1.165) is 6.42 Å². The fourth-order valence-corrected chi connectivity index (χ4v) is 1.03. The van der Waals surface area contributed by atoms with Crippen LogP contribution in [-0.2, 0) is 14.5 Å². The van der Waals surface area contributed by atoms with E-state index >= 15 is 0 Å². The highest BCUT2D eigenvalue weighted by atomic mass is 17.3. The highest BCUT2D eigenvalue weighted by Gasteiger charge is 2.38. The summed E-state index contributed by atoms with van der Waals surface area (Å²) in [5, 5.41) is 9.07. The second kappa shape index (κ2) is 1.91. The van der Waals surface area contributed by atoms with Gasteiger partial charge in [-0.25, -0.2) is 4.89 Å². The molecule has 4 nitrogen and oxygen atoms in total. The standard InChI is InChI=1S/C5H8O4/c6-3-1-2-4-7-5(3)9-8-4/h3-6H,1-2H2. The molecule has 0 aromatic heterocycles. The van der Waals surface area contributed by atoms with Crippen molar-refractivity contribution >= 4 is 0 Å². The summed E-state index contributed by atoms with van der Waals surface area (Å²) in [4.78, 5) is 9.28. The highest BCUT2D eigenvalue weighted by molar-refractivity contribution is 4.69.